The summed E-state index contributed by atoms with van der Waals surface area (Å²) in [7, 11) is -1.58. The highest BCUT2D eigenvalue weighted by molar-refractivity contribution is 7.92. The summed E-state index contributed by atoms with van der Waals surface area (Å²) in [5.41, 5.74) is 1.23. The number of benzene rings is 3. The van der Waals surface area contributed by atoms with E-state index in [9.17, 15) is 22.4 Å². The molecule has 0 aliphatic rings. The number of sulfonamides is 1. The minimum Gasteiger partial charge on any atom is -0.493 e. The molecule has 1 N–H and O–H groups in total. The lowest BCUT2D eigenvalue weighted by atomic mass is 10.1. The predicted octanol–water partition coefficient (Wildman–Crippen LogP) is 4.68. The van der Waals surface area contributed by atoms with E-state index in [4.69, 9.17) is 9.47 Å². The van der Waals surface area contributed by atoms with Gasteiger partial charge in [0, 0.05) is 18.2 Å². The number of aryl methyl sites for hydroxylation is 1. The zero-order valence-electron chi connectivity index (χ0n) is 25.0. The molecule has 2 amide bonds. The van der Waals surface area contributed by atoms with Gasteiger partial charge >= 0.3 is 0 Å². The summed E-state index contributed by atoms with van der Waals surface area (Å²) in [4.78, 5) is 28.4. The Balaban J connectivity index is 2.09. The smallest absolute Gasteiger partial charge is 0.264 e. The molecule has 0 spiro atoms. The molecule has 0 unspecified atom stereocenters. The molecule has 0 radical (unpaired) electrons. The van der Waals surface area contributed by atoms with Gasteiger partial charge in [0.2, 0.25) is 11.8 Å². The first-order chi connectivity index (χ1) is 19.7. The number of nitrogens with one attached hydrogen (secondary N) is 1. The minimum absolute atomic E-state index is 0.0674. The molecule has 0 heterocycles. The highest BCUT2D eigenvalue weighted by atomic mass is 32.2. The van der Waals surface area contributed by atoms with E-state index >= 15 is 0 Å². The lowest BCUT2D eigenvalue weighted by molar-refractivity contribution is -0.140. The Morgan fingerprint density at radius 3 is 2.14 bits per heavy atom. The van der Waals surface area contributed by atoms with Crippen molar-refractivity contribution in [3.63, 3.8) is 0 Å². The fourth-order valence-corrected chi connectivity index (χ4v) is 5.70. The summed E-state index contributed by atoms with van der Waals surface area (Å²) in [6.07, 6.45) is 0. The van der Waals surface area contributed by atoms with Gasteiger partial charge in [-0.25, -0.2) is 12.8 Å². The zero-order chi connectivity index (χ0) is 31.2. The van der Waals surface area contributed by atoms with Gasteiger partial charge in [0.25, 0.3) is 10.0 Å². The molecule has 11 heteroatoms. The van der Waals surface area contributed by atoms with Crippen molar-refractivity contribution >= 4 is 27.5 Å². The van der Waals surface area contributed by atoms with Crippen LogP contribution in [-0.4, -0.2) is 57.5 Å². The highest BCUT2D eigenvalue weighted by Crippen LogP contribution is 2.32. The van der Waals surface area contributed by atoms with Crippen molar-refractivity contribution in [1.82, 2.24) is 10.2 Å². The molecule has 3 rings (SSSR count). The Kier molecular flexibility index (Phi) is 10.2. The number of ether oxygens (including phenoxy) is 2. The fourth-order valence-electron chi connectivity index (χ4n) is 4.27. The van der Waals surface area contributed by atoms with E-state index in [1.807, 2.05) is 52.0 Å². The lowest BCUT2D eigenvalue weighted by Crippen LogP contribution is -2.54. The number of hydrogen-bond acceptors (Lipinski definition) is 6. The maximum atomic E-state index is 14.0. The normalized spacial score (nSPS) is 12.3. The number of amides is 2. The third-order valence-corrected chi connectivity index (χ3v) is 8.37. The van der Waals surface area contributed by atoms with Crippen LogP contribution in [0.1, 0.15) is 38.8 Å². The van der Waals surface area contributed by atoms with Crippen molar-refractivity contribution in [3.8, 4) is 11.5 Å². The average molecular weight is 600 g/mol. The van der Waals surface area contributed by atoms with E-state index in [-0.39, 0.29) is 28.8 Å². The van der Waals surface area contributed by atoms with Crippen molar-refractivity contribution in [2.75, 3.05) is 25.1 Å². The van der Waals surface area contributed by atoms with Crippen LogP contribution >= 0.6 is 0 Å². The fraction of sp³-hybridized carbons (Fsp3) is 0.355. The number of rotatable bonds is 11. The summed E-state index contributed by atoms with van der Waals surface area (Å²) >= 11 is 0. The minimum atomic E-state index is -4.38. The molecule has 1 atom stereocenters. The molecule has 0 fully saturated rings. The molecule has 0 saturated heterocycles. The number of halogens is 1. The summed E-state index contributed by atoms with van der Waals surface area (Å²) in [6.45, 7) is 8.40. The molecule has 0 aliphatic carbocycles. The van der Waals surface area contributed by atoms with Crippen molar-refractivity contribution < 1.29 is 31.9 Å². The molecule has 9 nitrogen and oxygen atoms in total. The topological polar surface area (TPSA) is 105 Å². The van der Waals surface area contributed by atoms with Crippen molar-refractivity contribution in [2.45, 2.75) is 57.6 Å². The van der Waals surface area contributed by atoms with Crippen LogP contribution in [0.3, 0.4) is 0 Å². The SMILES string of the molecule is COc1ccc(S(=O)(=O)N(CC(=O)N(Cc2ccccc2C)[C@@H](C)C(=O)NC(C)(C)C)c2ccc(F)cc2)cc1OC. The van der Waals surface area contributed by atoms with Gasteiger partial charge in [-0.15, -0.1) is 0 Å². The zero-order valence-corrected chi connectivity index (χ0v) is 25.8. The van der Waals surface area contributed by atoms with Crippen molar-refractivity contribution in [1.29, 1.82) is 0 Å². The van der Waals surface area contributed by atoms with Gasteiger partial charge in [0.1, 0.15) is 18.4 Å². The first-order valence-corrected chi connectivity index (χ1v) is 14.8. The number of carbonyl (C=O) groups is 2. The second kappa shape index (κ2) is 13.2. The van der Waals surface area contributed by atoms with E-state index in [1.165, 1.54) is 49.5 Å². The molecule has 3 aromatic carbocycles. The van der Waals surface area contributed by atoms with Crippen LogP contribution in [0.15, 0.2) is 71.6 Å². The monoisotopic (exact) mass is 599 g/mol. The molecule has 42 heavy (non-hydrogen) atoms. The highest BCUT2D eigenvalue weighted by Gasteiger charge is 2.34. The number of nitrogens with zero attached hydrogens (tertiary/aromatic N) is 2. The van der Waals surface area contributed by atoms with Gasteiger partial charge in [-0.1, -0.05) is 24.3 Å². The van der Waals surface area contributed by atoms with Gasteiger partial charge in [0.15, 0.2) is 11.5 Å². The summed E-state index contributed by atoms with van der Waals surface area (Å²) in [6, 6.07) is 15.4. The summed E-state index contributed by atoms with van der Waals surface area (Å²) in [5, 5.41) is 2.89. The van der Waals surface area contributed by atoms with E-state index < -0.39 is 39.9 Å². The molecule has 0 bridgehead atoms. The molecular weight excluding hydrogens is 561 g/mol. The maximum absolute atomic E-state index is 14.0. The Hall–Kier alpha value is -4.12. The second-order valence-electron chi connectivity index (χ2n) is 10.9. The Bertz CT molecular complexity index is 1520. The van der Waals surface area contributed by atoms with Crippen LogP contribution in [0.25, 0.3) is 0 Å². The Morgan fingerprint density at radius 2 is 1.57 bits per heavy atom. The average Bonchev–Trinajstić information content (AvgIpc) is 2.94. The molecule has 0 aromatic heterocycles. The van der Waals surface area contributed by atoms with E-state index in [0.717, 1.165) is 27.6 Å². The van der Waals surface area contributed by atoms with E-state index in [0.29, 0.717) is 5.75 Å². The standard InChI is InChI=1S/C31H38FN3O6S/c1-21-10-8-9-11-23(21)19-34(22(2)30(37)33-31(3,4)5)29(36)20-35(25-14-12-24(32)13-15-25)42(38,39)26-16-17-27(40-6)28(18-26)41-7/h8-18,22H,19-20H2,1-7H3,(H,33,37)/t22-/m0/s1. The summed E-state index contributed by atoms with van der Waals surface area (Å²) < 4.78 is 53.3. The van der Waals surface area contributed by atoms with E-state index in [2.05, 4.69) is 5.32 Å². The van der Waals surface area contributed by atoms with Crippen molar-refractivity contribution in [2.24, 2.45) is 0 Å². The summed E-state index contributed by atoms with van der Waals surface area (Å²) in [5.74, 6) is -1.08. The van der Waals surface area contributed by atoms with Crippen LogP contribution in [0.5, 0.6) is 11.5 Å². The largest absolute Gasteiger partial charge is 0.493 e. The third-order valence-electron chi connectivity index (χ3n) is 6.60. The Labute approximate surface area is 247 Å². The first kappa shape index (κ1) is 32.4. The Morgan fingerprint density at radius 1 is 0.952 bits per heavy atom. The van der Waals surface area contributed by atoms with Crippen LogP contribution in [-0.2, 0) is 26.2 Å². The molecule has 0 aliphatic heterocycles. The number of carbonyl (C=O) groups excluding carboxylic acids is 2. The number of methoxy groups -OCH3 is 2. The van der Waals surface area contributed by atoms with E-state index in [1.54, 1.807) is 6.92 Å². The van der Waals surface area contributed by atoms with Gasteiger partial charge in [-0.05, 0) is 82.1 Å². The van der Waals surface area contributed by atoms with Crippen molar-refractivity contribution in [3.05, 3.63) is 83.7 Å². The van der Waals surface area contributed by atoms with Gasteiger partial charge < -0.3 is 19.7 Å². The molecule has 226 valence electrons. The molecule has 0 saturated carbocycles. The first-order valence-electron chi connectivity index (χ1n) is 13.3. The lowest BCUT2D eigenvalue weighted by Gasteiger charge is -2.33. The molecular formula is C31H38FN3O6S. The predicted molar refractivity (Wildman–Crippen MR) is 160 cm³/mol. The number of anilines is 1. The maximum Gasteiger partial charge on any atom is 0.264 e. The van der Waals surface area contributed by atoms with Crippen LogP contribution in [0.2, 0.25) is 0 Å². The van der Waals surface area contributed by atoms with Crippen LogP contribution in [0, 0.1) is 12.7 Å². The van der Waals surface area contributed by atoms with Gasteiger partial charge in [0.05, 0.1) is 24.8 Å². The van der Waals surface area contributed by atoms with Crippen LogP contribution < -0.4 is 19.1 Å². The quantitative estimate of drug-likeness (QED) is 0.343. The number of hydrogen-bond donors (Lipinski definition) is 1. The van der Waals surface area contributed by atoms with Gasteiger partial charge in [-0.3, -0.25) is 13.9 Å². The molecule has 3 aromatic rings. The second-order valence-corrected chi connectivity index (χ2v) is 12.7. The third kappa shape index (κ3) is 7.79. The van der Waals surface area contributed by atoms with Gasteiger partial charge in [-0.2, -0.15) is 0 Å². The van der Waals surface area contributed by atoms with Crippen LogP contribution in [0.4, 0.5) is 10.1 Å².